The van der Waals surface area contributed by atoms with Crippen LogP contribution in [0.1, 0.15) is 21.7 Å². The zero-order valence-corrected chi connectivity index (χ0v) is 19.2. The molecule has 0 N–H and O–H groups in total. The van der Waals surface area contributed by atoms with E-state index in [1.165, 1.54) is 27.4 Å². The lowest BCUT2D eigenvalue weighted by atomic mass is 10.0. The fourth-order valence-corrected chi connectivity index (χ4v) is 3.17. The van der Waals surface area contributed by atoms with Crippen molar-refractivity contribution in [2.75, 3.05) is 34.9 Å². The largest absolute Gasteiger partial charge is 0.469 e. The molecule has 1 aromatic heterocycles. The molecule has 0 atom stereocenters. The molecule has 34 heavy (non-hydrogen) atoms. The first-order chi connectivity index (χ1) is 16.5. The maximum atomic E-state index is 12.4. The Morgan fingerprint density at radius 3 is 2.35 bits per heavy atom. The van der Waals surface area contributed by atoms with Gasteiger partial charge in [-0.2, -0.15) is 0 Å². The Labute approximate surface area is 197 Å². The van der Waals surface area contributed by atoms with Crippen LogP contribution in [0.2, 0.25) is 0 Å². The Kier molecular flexibility index (Phi) is 9.02. The summed E-state index contributed by atoms with van der Waals surface area (Å²) in [5.41, 5.74) is 1.69. The first-order valence-electron chi connectivity index (χ1n) is 10.4. The van der Waals surface area contributed by atoms with Gasteiger partial charge in [-0.3, -0.25) is 9.59 Å². The van der Waals surface area contributed by atoms with E-state index < -0.39 is 5.97 Å². The Bertz CT molecular complexity index is 1130. The highest BCUT2D eigenvalue weighted by molar-refractivity contribution is 6.06. The molecule has 0 bridgehead atoms. The van der Waals surface area contributed by atoms with Gasteiger partial charge in [0.1, 0.15) is 23.0 Å². The molecule has 0 aliphatic carbocycles. The lowest BCUT2D eigenvalue weighted by molar-refractivity contribution is -0.139. The summed E-state index contributed by atoms with van der Waals surface area (Å²) >= 11 is 0. The molecule has 178 valence electrons. The molecular formula is C26H26O8. The molecule has 0 amide bonds. The molecule has 3 rings (SSSR count). The topological polar surface area (TPSA) is 93.4 Å². The lowest BCUT2D eigenvalue weighted by Crippen LogP contribution is -2.09. The Morgan fingerprint density at radius 1 is 0.912 bits per heavy atom. The van der Waals surface area contributed by atoms with Gasteiger partial charge >= 0.3 is 5.97 Å². The van der Waals surface area contributed by atoms with Gasteiger partial charge in [0, 0.05) is 25.8 Å². The minimum Gasteiger partial charge on any atom is -0.469 e. The van der Waals surface area contributed by atoms with Crippen LogP contribution >= 0.6 is 0 Å². The maximum Gasteiger partial charge on any atom is 0.310 e. The number of furan rings is 1. The number of carbonyl (C=O) groups excluding carboxylic acids is 2. The molecule has 8 heteroatoms. The van der Waals surface area contributed by atoms with E-state index >= 15 is 0 Å². The van der Waals surface area contributed by atoms with Gasteiger partial charge in [-0.1, -0.05) is 30.3 Å². The summed E-state index contributed by atoms with van der Waals surface area (Å²) in [6.07, 6.45) is 2.99. The predicted octanol–water partition coefficient (Wildman–Crippen LogP) is 4.52. The predicted molar refractivity (Wildman–Crippen MR) is 125 cm³/mol. The van der Waals surface area contributed by atoms with Crippen molar-refractivity contribution in [3.05, 3.63) is 77.6 Å². The van der Waals surface area contributed by atoms with Crippen LogP contribution in [0, 0.1) is 0 Å². The summed E-state index contributed by atoms with van der Waals surface area (Å²) in [5.74, 6) is 1.14. The standard InChI is InChI=1S/C26H26O8/c1-29-16-32-21-13-19(14-25(28)31-3)26(24(15-21)33-17-30-2)23-12-10-20(34-23)9-11-22(27)18-7-5-4-6-8-18/h4-13,15H,14,16-17H2,1-3H3. The van der Waals surface area contributed by atoms with Gasteiger partial charge in [-0.15, -0.1) is 0 Å². The van der Waals surface area contributed by atoms with Crippen LogP contribution in [-0.2, 0) is 25.4 Å². The van der Waals surface area contributed by atoms with E-state index in [1.807, 2.05) is 6.07 Å². The molecule has 0 saturated carbocycles. The highest BCUT2D eigenvalue weighted by Gasteiger charge is 2.20. The molecule has 0 radical (unpaired) electrons. The molecule has 0 saturated heterocycles. The summed E-state index contributed by atoms with van der Waals surface area (Å²) < 4.78 is 32.2. The van der Waals surface area contributed by atoms with Crippen molar-refractivity contribution in [2.24, 2.45) is 0 Å². The van der Waals surface area contributed by atoms with Gasteiger partial charge in [-0.05, 0) is 35.9 Å². The number of hydrogen-bond acceptors (Lipinski definition) is 8. The van der Waals surface area contributed by atoms with E-state index in [1.54, 1.807) is 54.6 Å². The maximum absolute atomic E-state index is 12.4. The third kappa shape index (κ3) is 6.57. The summed E-state index contributed by atoms with van der Waals surface area (Å²) in [5, 5.41) is 0. The highest BCUT2D eigenvalue weighted by atomic mass is 16.7. The van der Waals surface area contributed by atoms with Crippen LogP contribution < -0.4 is 9.47 Å². The Balaban J connectivity index is 1.97. The van der Waals surface area contributed by atoms with E-state index in [-0.39, 0.29) is 25.8 Å². The zero-order chi connectivity index (χ0) is 24.3. The van der Waals surface area contributed by atoms with Crippen molar-refractivity contribution in [3.8, 4) is 22.8 Å². The highest BCUT2D eigenvalue weighted by Crippen LogP contribution is 2.39. The number of ketones is 1. The monoisotopic (exact) mass is 466 g/mol. The van der Waals surface area contributed by atoms with E-state index in [0.717, 1.165) is 0 Å². The van der Waals surface area contributed by atoms with Crippen LogP contribution in [0.25, 0.3) is 17.4 Å². The average molecular weight is 466 g/mol. The van der Waals surface area contributed by atoms with E-state index in [9.17, 15) is 9.59 Å². The first-order valence-corrected chi connectivity index (χ1v) is 10.4. The van der Waals surface area contributed by atoms with Crippen molar-refractivity contribution in [2.45, 2.75) is 6.42 Å². The first kappa shape index (κ1) is 24.8. The zero-order valence-electron chi connectivity index (χ0n) is 19.2. The number of carbonyl (C=O) groups is 2. The number of hydrogen-bond donors (Lipinski definition) is 0. The quantitative estimate of drug-likeness (QED) is 0.166. The van der Waals surface area contributed by atoms with Crippen LogP contribution in [0.3, 0.4) is 0 Å². The Morgan fingerprint density at radius 2 is 1.65 bits per heavy atom. The number of ether oxygens (including phenoxy) is 5. The molecule has 3 aromatic rings. The minimum absolute atomic E-state index is 0.0197. The van der Waals surface area contributed by atoms with Gasteiger partial charge in [0.05, 0.1) is 19.1 Å². The van der Waals surface area contributed by atoms with E-state index in [2.05, 4.69) is 0 Å². The molecule has 1 heterocycles. The second-order valence-electron chi connectivity index (χ2n) is 7.08. The summed E-state index contributed by atoms with van der Waals surface area (Å²) in [6, 6.07) is 15.7. The minimum atomic E-state index is -0.442. The van der Waals surface area contributed by atoms with Gasteiger partial charge in [-0.25, -0.2) is 0 Å². The lowest BCUT2D eigenvalue weighted by Gasteiger charge is -2.16. The van der Waals surface area contributed by atoms with Gasteiger partial charge in [0.25, 0.3) is 0 Å². The molecule has 0 fully saturated rings. The van der Waals surface area contributed by atoms with Gasteiger partial charge < -0.3 is 28.1 Å². The van der Waals surface area contributed by atoms with Crippen molar-refractivity contribution < 1.29 is 37.7 Å². The molecule has 0 spiro atoms. The average Bonchev–Trinajstić information content (AvgIpc) is 3.33. The van der Waals surface area contributed by atoms with Crippen molar-refractivity contribution in [1.82, 2.24) is 0 Å². The normalized spacial score (nSPS) is 10.9. The molecule has 2 aromatic carbocycles. The van der Waals surface area contributed by atoms with Crippen molar-refractivity contribution in [1.29, 1.82) is 0 Å². The number of allylic oxidation sites excluding steroid dienone is 1. The van der Waals surface area contributed by atoms with Crippen LogP contribution in [-0.4, -0.2) is 46.7 Å². The van der Waals surface area contributed by atoms with Crippen LogP contribution in [0.15, 0.2) is 65.1 Å². The molecule has 8 nitrogen and oxygen atoms in total. The molecule has 0 aliphatic heterocycles. The fraction of sp³-hybridized carbons (Fsp3) is 0.231. The summed E-state index contributed by atoms with van der Waals surface area (Å²) in [4.78, 5) is 24.5. The van der Waals surface area contributed by atoms with Gasteiger partial charge in [0.15, 0.2) is 19.4 Å². The fourth-order valence-electron chi connectivity index (χ4n) is 3.17. The van der Waals surface area contributed by atoms with Gasteiger partial charge in [0.2, 0.25) is 0 Å². The third-order valence-corrected chi connectivity index (χ3v) is 4.73. The molecule has 0 aliphatic rings. The smallest absolute Gasteiger partial charge is 0.310 e. The summed E-state index contributed by atoms with van der Waals surface area (Å²) in [6.45, 7) is -0.0106. The number of esters is 1. The second kappa shape index (κ2) is 12.4. The summed E-state index contributed by atoms with van der Waals surface area (Å²) in [7, 11) is 4.32. The Hall–Kier alpha value is -3.88. The molecular weight excluding hydrogens is 440 g/mol. The third-order valence-electron chi connectivity index (χ3n) is 4.73. The van der Waals surface area contributed by atoms with E-state index in [4.69, 9.17) is 28.1 Å². The van der Waals surface area contributed by atoms with Crippen molar-refractivity contribution in [3.63, 3.8) is 0 Å². The number of methoxy groups -OCH3 is 3. The van der Waals surface area contributed by atoms with Crippen LogP contribution in [0.5, 0.6) is 11.5 Å². The SMILES string of the molecule is COCOc1cc(CC(=O)OC)c(-c2ccc(C=CC(=O)c3ccccc3)o2)c(OCOC)c1. The number of benzene rings is 2. The number of rotatable bonds is 12. The van der Waals surface area contributed by atoms with Crippen LogP contribution in [0.4, 0.5) is 0 Å². The second-order valence-corrected chi connectivity index (χ2v) is 7.08. The van der Waals surface area contributed by atoms with Crippen molar-refractivity contribution >= 4 is 17.8 Å². The molecule has 0 unspecified atom stereocenters. The van der Waals surface area contributed by atoms with E-state index in [0.29, 0.717) is 39.7 Å².